The predicted molar refractivity (Wildman–Crippen MR) is 51.0 cm³/mol. The van der Waals surface area contributed by atoms with Gasteiger partial charge in [-0.05, 0) is 31.1 Å². The predicted octanol–water partition coefficient (Wildman–Crippen LogP) is 3.18. The standard InChI is InChI=1S/C11H20O/c1-10(2)5-4-6-11(3,9-12)8-7-10/h9H,4-8H2,1-3H3. The molecule has 0 aliphatic heterocycles. The molecular weight excluding hydrogens is 148 g/mol. The molecule has 12 heavy (non-hydrogen) atoms. The third-order valence-corrected chi connectivity index (χ3v) is 3.26. The van der Waals surface area contributed by atoms with Gasteiger partial charge in [0.05, 0.1) is 0 Å². The second kappa shape index (κ2) is 3.20. The van der Waals surface area contributed by atoms with Crippen LogP contribution < -0.4 is 0 Å². The Hall–Kier alpha value is -0.330. The fourth-order valence-electron chi connectivity index (χ4n) is 1.96. The molecular formula is C11H20O. The molecule has 1 heteroatoms. The summed E-state index contributed by atoms with van der Waals surface area (Å²) in [6.45, 7) is 6.72. The Balaban J connectivity index is 2.61. The fourth-order valence-corrected chi connectivity index (χ4v) is 1.96. The molecule has 1 fully saturated rings. The lowest BCUT2D eigenvalue weighted by Crippen LogP contribution is -2.17. The van der Waals surface area contributed by atoms with Crippen LogP contribution in [0.15, 0.2) is 0 Å². The van der Waals surface area contributed by atoms with Crippen LogP contribution in [0.2, 0.25) is 0 Å². The molecule has 1 aliphatic carbocycles. The third kappa shape index (κ3) is 2.33. The van der Waals surface area contributed by atoms with Crippen LogP contribution in [-0.4, -0.2) is 6.29 Å². The maximum atomic E-state index is 10.8. The molecule has 1 atom stereocenters. The van der Waals surface area contributed by atoms with Crippen molar-refractivity contribution in [2.45, 2.75) is 52.9 Å². The van der Waals surface area contributed by atoms with Crippen LogP contribution in [0.25, 0.3) is 0 Å². The van der Waals surface area contributed by atoms with Crippen molar-refractivity contribution in [1.29, 1.82) is 0 Å². The highest BCUT2D eigenvalue weighted by Gasteiger charge is 2.31. The lowest BCUT2D eigenvalue weighted by atomic mass is 9.81. The Morgan fingerprint density at radius 1 is 1.00 bits per heavy atom. The third-order valence-electron chi connectivity index (χ3n) is 3.26. The van der Waals surface area contributed by atoms with E-state index in [1.165, 1.54) is 19.3 Å². The van der Waals surface area contributed by atoms with Gasteiger partial charge in [0.2, 0.25) is 0 Å². The van der Waals surface area contributed by atoms with Gasteiger partial charge in [-0.1, -0.05) is 27.2 Å². The molecule has 1 nitrogen and oxygen atoms in total. The highest BCUT2D eigenvalue weighted by atomic mass is 16.1. The van der Waals surface area contributed by atoms with E-state index < -0.39 is 0 Å². The van der Waals surface area contributed by atoms with Gasteiger partial charge < -0.3 is 4.79 Å². The van der Waals surface area contributed by atoms with Crippen LogP contribution in [0.5, 0.6) is 0 Å². The highest BCUT2D eigenvalue weighted by Crippen LogP contribution is 2.40. The molecule has 0 aromatic heterocycles. The summed E-state index contributed by atoms with van der Waals surface area (Å²) in [4.78, 5) is 10.8. The minimum Gasteiger partial charge on any atom is -0.303 e. The zero-order valence-electron chi connectivity index (χ0n) is 8.52. The van der Waals surface area contributed by atoms with Gasteiger partial charge in [-0.2, -0.15) is 0 Å². The zero-order chi connectivity index (χ0) is 9.24. The van der Waals surface area contributed by atoms with Crippen molar-refractivity contribution in [2.24, 2.45) is 10.8 Å². The summed E-state index contributed by atoms with van der Waals surface area (Å²) in [5, 5.41) is 0. The second-order valence-corrected chi connectivity index (χ2v) is 5.29. The molecule has 0 aromatic carbocycles. The smallest absolute Gasteiger partial charge is 0.125 e. The van der Waals surface area contributed by atoms with Crippen LogP contribution >= 0.6 is 0 Å². The molecule has 0 N–H and O–H groups in total. The summed E-state index contributed by atoms with van der Waals surface area (Å²) < 4.78 is 0. The van der Waals surface area contributed by atoms with Gasteiger partial charge in [0, 0.05) is 5.41 Å². The molecule has 1 unspecified atom stereocenters. The maximum absolute atomic E-state index is 10.8. The molecule has 1 aliphatic rings. The van der Waals surface area contributed by atoms with Gasteiger partial charge in [-0.3, -0.25) is 0 Å². The van der Waals surface area contributed by atoms with Crippen LogP contribution in [0.4, 0.5) is 0 Å². The van der Waals surface area contributed by atoms with Gasteiger partial charge in [0.25, 0.3) is 0 Å². The molecule has 70 valence electrons. The van der Waals surface area contributed by atoms with Crippen molar-refractivity contribution in [1.82, 2.24) is 0 Å². The topological polar surface area (TPSA) is 17.1 Å². The van der Waals surface area contributed by atoms with E-state index in [0.29, 0.717) is 5.41 Å². The van der Waals surface area contributed by atoms with Crippen LogP contribution in [-0.2, 0) is 4.79 Å². The van der Waals surface area contributed by atoms with Crippen LogP contribution in [0.1, 0.15) is 52.9 Å². The van der Waals surface area contributed by atoms with Crippen molar-refractivity contribution in [3.8, 4) is 0 Å². The van der Waals surface area contributed by atoms with Gasteiger partial charge in [-0.25, -0.2) is 0 Å². The Morgan fingerprint density at radius 3 is 2.25 bits per heavy atom. The summed E-state index contributed by atoms with van der Waals surface area (Å²) in [5.74, 6) is 0. The molecule has 0 aromatic rings. The van der Waals surface area contributed by atoms with E-state index in [0.717, 1.165) is 19.1 Å². The molecule has 1 saturated carbocycles. The van der Waals surface area contributed by atoms with Crippen molar-refractivity contribution in [3.05, 3.63) is 0 Å². The largest absolute Gasteiger partial charge is 0.303 e. The molecule has 1 rings (SSSR count). The molecule has 0 bridgehead atoms. The molecule has 0 radical (unpaired) electrons. The Kier molecular flexibility index (Phi) is 2.60. The summed E-state index contributed by atoms with van der Waals surface area (Å²) in [7, 11) is 0. The summed E-state index contributed by atoms with van der Waals surface area (Å²) in [6.07, 6.45) is 7.00. The molecule has 0 spiro atoms. The fraction of sp³-hybridized carbons (Fsp3) is 0.909. The summed E-state index contributed by atoms with van der Waals surface area (Å²) >= 11 is 0. The van der Waals surface area contributed by atoms with Gasteiger partial charge >= 0.3 is 0 Å². The van der Waals surface area contributed by atoms with E-state index >= 15 is 0 Å². The first-order valence-electron chi connectivity index (χ1n) is 4.94. The van der Waals surface area contributed by atoms with E-state index in [4.69, 9.17) is 0 Å². The van der Waals surface area contributed by atoms with E-state index in [9.17, 15) is 4.79 Å². The number of rotatable bonds is 1. The van der Waals surface area contributed by atoms with E-state index in [1.807, 2.05) is 0 Å². The number of hydrogen-bond acceptors (Lipinski definition) is 1. The number of aldehydes is 1. The van der Waals surface area contributed by atoms with Crippen LogP contribution in [0, 0.1) is 10.8 Å². The van der Waals surface area contributed by atoms with E-state index in [2.05, 4.69) is 20.8 Å². The van der Waals surface area contributed by atoms with Crippen molar-refractivity contribution in [3.63, 3.8) is 0 Å². The number of carbonyl (C=O) groups is 1. The van der Waals surface area contributed by atoms with Gasteiger partial charge in [-0.15, -0.1) is 0 Å². The maximum Gasteiger partial charge on any atom is 0.125 e. The Labute approximate surface area is 75.5 Å². The van der Waals surface area contributed by atoms with Gasteiger partial charge in [0.1, 0.15) is 6.29 Å². The molecule has 0 amide bonds. The van der Waals surface area contributed by atoms with Crippen LogP contribution in [0.3, 0.4) is 0 Å². The Bertz CT molecular complexity index is 172. The van der Waals surface area contributed by atoms with E-state index in [-0.39, 0.29) is 5.41 Å². The average molecular weight is 168 g/mol. The first-order chi connectivity index (χ1) is 5.47. The normalized spacial score (nSPS) is 35.6. The first-order valence-corrected chi connectivity index (χ1v) is 4.94. The zero-order valence-corrected chi connectivity index (χ0v) is 8.52. The highest BCUT2D eigenvalue weighted by molar-refractivity contribution is 5.58. The van der Waals surface area contributed by atoms with Crippen molar-refractivity contribution in [2.75, 3.05) is 0 Å². The second-order valence-electron chi connectivity index (χ2n) is 5.29. The van der Waals surface area contributed by atoms with Crippen molar-refractivity contribution < 1.29 is 4.79 Å². The first kappa shape index (κ1) is 9.76. The Morgan fingerprint density at radius 2 is 1.67 bits per heavy atom. The monoisotopic (exact) mass is 168 g/mol. The lowest BCUT2D eigenvalue weighted by molar-refractivity contribution is -0.116. The molecule has 0 saturated heterocycles. The van der Waals surface area contributed by atoms with Crippen molar-refractivity contribution >= 4 is 6.29 Å². The van der Waals surface area contributed by atoms with E-state index in [1.54, 1.807) is 0 Å². The number of carbonyl (C=O) groups excluding carboxylic acids is 1. The molecule has 0 heterocycles. The quantitative estimate of drug-likeness (QED) is 0.434. The lowest BCUT2D eigenvalue weighted by Gasteiger charge is -2.23. The number of hydrogen-bond donors (Lipinski definition) is 0. The average Bonchev–Trinajstić information content (AvgIpc) is 2.13. The summed E-state index contributed by atoms with van der Waals surface area (Å²) in [5.41, 5.74) is 0.439. The minimum absolute atomic E-state index is 0.0201. The minimum atomic E-state index is -0.0201. The summed E-state index contributed by atoms with van der Waals surface area (Å²) in [6, 6.07) is 0. The van der Waals surface area contributed by atoms with Gasteiger partial charge in [0.15, 0.2) is 0 Å². The SMILES string of the molecule is CC1(C)CCCC(C)(C=O)CC1.